The van der Waals surface area contributed by atoms with Crippen molar-refractivity contribution in [2.75, 3.05) is 16.3 Å². The molecule has 2 saturated heterocycles. The van der Waals surface area contributed by atoms with Crippen LogP contribution in [-0.4, -0.2) is 47.4 Å². The first-order valence-corrected chi connectivity index (χ1v) is 12.0. The summed E-state index contributed by atoms with van der Waals surface area (Å²) >= 11 is 0. The lowest BCUT2D eigenvalue weighted by atomic mass is 10.0. The van der Waals surface area contributed by atoms with E-state index < -0.39 is 47.6 Å². The zero-order chi connectivity index (χ0) is 26.0. The number of rotatable bonds is 2. The third kappa shape index (κ3) is 4.16. The van der Waals surface area contributed by atoms with E-state index in [4.69, 9.17) is 9.47 Å². The summed E-state index contributed by atoms with van der Waals surface area (Å²) in [5.41, 5.74) is 1.99. The maximum Gasteiger partial charge on any atom is 0.416 e. The number of amides is 2. The smallest absolute Gasteiger partial charge is 0.341 e. The Morgan fingerprint density at radius 1 is 1.14 bits per heavy atom. The Morgan fingerprint density at radius 3 is 2.61 bits per heavy atom. The number of pyridine rings is 1. The molecule has 0 aliphatic carbocycles. The Labute approximate surface area is 207 Å². The highest BCUT2D eigenvalue weighted by Gasteiger charge is 2.61. The van der Waals surface area contributed by atoms with Crippen molar-refractivity contribution in [2.45, 2.75) is 77.2 Å². The summed E-state index contributed by atoms with van der Waals surface area (Å²) in [4.78, 5) is 34.7. The van der Waals surface area contributed by atoms with Gasteiger partial charge < -0.3 is 14.4 Å². The molecule has 0 N–H and O–H groups in total. The Morgan fingerprint density at radius 2 is 1.89 bits per heavy atom. The van der Waals surface area contributed by atoms with E-state index in [2.05, 4.69) is 4.98 Å². The van der Waals surface area contributed by atoms with Crippen molar-refractivity contribution in [1.29, 1.82) is 0 Å². The number of alkyl halides is 3. The fourth-order valence-electron chi connectivity index (χ4n) is 5.42. The first kappa shape index (κ1) is 24.7. The summed E-state index contributed by atoms with van der Waals surface area (Å²) < 4.78 is 52.6. The van der Waals surface area contributed by atoms with E-state index in [-0.39, 0.29) is 11.5 Å². The molecule has 3 atom stereocenters. The molecule has 0 unspecified atom stereocenters. The summed E-state index contributed by atoms with van der Waals surface area (Å²) in [7, 11) is 0. The van der Waals surface area contributed by atoms with Crippen LogP contribution in [0.5, 0.6) is 0 Å². The fourth-order valence-corrected chi connectivity index (χ4v) is 5.42. The predicted octanol–water partition coefficient (Wildman–Crippen LogP) is 4.32. The van der Waals surface area contributed by atoms with Crippen LogP contribution >= 0.6 is 0 Å². The van der Waals surface area contributed by atoms with Gasteiger partial charge in [0.1, 0.15) is 18.0 Å². The molecule has 192 valence electrons. The lowest BCUT2D eigenvalue weighted by Gasteiger charge is -2.33. The quantitative estimate of drug-likeness (QED) is 0.611. The number of anilines is 2. The number of aromatic nitrogens is 1. The van der Waals surface area contributed by atoms with Gasteiger partial charge in [-0.1, -0.05) is 12.1 Å². The summed E-state index contributed by atoms with van der Waals surface area (Å²) in [6, 6.07) is 6.21. The lowest BCUT2D eigenvalue weighted by molar-refractivity contribution is -0.161. The number of hydrogen-bond acceptors (Lipinski definition) is 5. The van der Waals surface area contributed by atoms with E-state index in [1.807, 2.05) is 25.1 Å². The van der Waals surface area contributed by atoms with E-state index in [0.29, 0.717) is 6.54 Å². The molecule has 3 aliphatic rings. The van der Waals surface area contributed by atoms with E-state index >= 15 is 0 Å². The first-order chi connectivity index (χ1) is 16.9. The molecule has 3 aliphatic heterocycles. The van der Waals surface area contributed by atoms with Crippen LogP contribution in [-0.2, 0) is 31.7 Å². The Kier molecular flexibility index (Phi) is 5.87. The van der Waals surface area contributed by atoms with Crippen molar-refractivity contribution in [2.24, 2.45) is 0 Å². The number of carbonyl (C=O) groups is 2. The van der Waals surface area contributed by atoms with E-state index in [1.54, 1.807) is 18.7 Å². The summed E-state index contributed by atoms with van der Waals surface area (Å²) in [5, 5.41) is 0. The third-order valence-electron chi connectivity index (χ3n) is 6.97. The summed E-state index contributed by atoms with van der Waals surface area (Å²) in [6.45, 7) is 7.11. The average molecular weight is 504 g/mol. The monoisotopic (exact) mass is 503 g/mol. The molecule has 2 aromatic rings. The molecule has 0 saturated carbocycles. The number of nitrogens with zero attached hydrogens (tertiary/aromatic N) is 3. The van der Waals surface area contributed by atoms with E-state index in [9.17, 15) is 22.8 Å². The molecule has 2 fully saturated rings. The molecule has 0 spiro atoms. The van der Waals surface area contributed by atoms with Crippen molar-refractivity contribution >= 4 is 23.3 Å². The van der Waals surface area contributed by atoms with E-state index in [1.165, 1.54) is 6.92 Å². The fraction of sp³-hybridized carbons (Fsp3) is 0.500. The molecular weight excluding hydrogens is 475 g/mol. The second-order valence-electron chi connectivity index (χ2n) is 10.0. The van der Waals surface area contributed by atoms with Crippen molar-refractivity contribution in [1.82, 2.24) is 4.98 Å². The minimum absolute atomic E-state index is 0.0776. The molecular formula is C26H28F3N3O4. The van der Waals surface area contributed by atoms with Crippen molar-refractivity contribution in [3.05, 3.63) is 52.7 Å². The highest BCUT2D eigenvalue weighted by molar-refractivity contribution is 6.11. The van der Waals surface area contributed by atoms with Gasteiger partial charge >= 0.3 is 6.18 Å². The molecule has 4 heterocycles. The van der Waals surface area contributed by atoms with E-state index in [0.717, 1.165) is 53.1 Å². The van der Waals surface area contributed by atoms with Crippen LogP contribution in [0.3, 0.4) is 0 Å². The molecule has 5 rings (SSSR count). The minimum atomic E-state index is -4.64. The topological polar surface area (TPSA) is 72.0 Å². The Hall–Kier alpha value is -2.98. The number of ether oxygens (including phenoxy) is 2. The number of aryl methyl sites for hydroxylation is 2. The van der Waals surface area contributed by atoms with Gasteiger partial charge in [-0.3, -0.25) is 14.5 Å². The number of carbonyl (C=O) groups excluding carboxylic acids is 2. The second-order valence-corrected chi connectivity index (χ2v) is 10.0. The number of halogens is 3. The summed E-state index contributed by atoms with van der Waals surface area (Å²) in [5.74, 6) is -2.44. The van der Waals surface area contributed by atoms with Gasteiger partial charge in [-0.25, -0.2) is 4.98 Å². The zero-order valence-electron chi connectivity index (χ0n) is 20.6. The van der Waals surface area contributed by atoms with Gasteiger partial charge in [0, 0.05) is 17.9 Å². The largest absolute Gasteiger partial charge is 0.416 e. The van der Waals surface area contributed by atoms with Gasteiger partial charge in [-0.15, -0.1) is 0 Å². The molecule has 7 nitrogen and oxygen atoms in total. The molecule has 1 aromatic heterocycles. The van der Waals surface area contributed by atoms with Crippen molar-refractivity contribution < 1.29 is 32.2 Å². The maximum absolute atomic E-state index is 14.2. The molecule has 10 heteroatoms. The van der Waals surface area contributed by atoms with Gasteiger partial charge in [-0.2, -0.15) is 13.2 Å². The summed E-state index contributed by atoms with van der Waals surface area (Å²) in [6.07, 6.45) is -4.31. The van der Waals surface area contributed by atoms with Crippen LogP contribution in [0.15, 0.2) is 30.3 Å². The van der Waals surface area contributed by atoms with Crippen LogP contribution in [0.4, 0.5) is 24.7 Å². The average Bonchev–Trinajstić information content (AvgIpc) is 3.12. The van der Waals surface area contributed by atoms with Crippen LogP contribution in [0.25, 0.3) is 0 Å². The SMILES string of the molecule is Cc1cc(C(F)(F)F)cc(N2C(=O)[C@H]3OC(C)(C)O[C@H]3[C@H]2C(=O)N2CCCCc3c(C)cccc32)n1. The highest BCUT2D eigenvalue weighted by atomic mass is 19.4. The van der Waals surface area contributed by atoms with Gasteiger partial charge in [0.2, 0.25) is 0 Å². The van der Waals surface area contributed by atoms with Crippen LogP contribution < -0.4 is 9.80 Å². The number of benzene rings is 1. The Balaban J connectivity index is 1.62. The van der Waals surface area contributed by atoms with Gasteiger partial charge in [0.15, 0.2) is 11.9 Å². The normalized spacial score (nSPS) is 25.5. The minimum Gasteiger partial charge on any atom is -0.341 e. The Bertz CT molecular complexity index is 1230. The van der Waals surface area contributed by atoms with Gasteiger partial charge in [-0.05, 0) is 76.3 Å². The highest BCUT2D eigenvalue weighted by Crippen LogP contribution is 2.42. The van der Waals surface area contributed by atoms with Crippen LogP contribution in [0.2, 0.25) is 0 Å². The van der Waals surface area contributed by atoms with Crippen molar-refractivity contribution in [3.63, 3.8) is 0 Å². The molecule has 0 bridgehead atoms. The second kappa shape index (κ2) is 8.55. The zero-order valence-corrected chi connectivity index (χ0v) is 20.6. The first-order valence-electron chi connectivity index (χ1n) is 12.0. The molecule has 1 aromatic carbocycles. The maximum atomic E-state index is 14.2. The van der Waals surface area contributed by atoms with Gasteiger partial charge in [0.25, 0.3) is 11.8 Å². The molecule has 2 amide bonds. The third-order valence-corrected chi connectivity index (χ3v) is 6.97. The van der Waals surface area contributed by atoms with Crippen LogP contribution in [0, 0.1) is 13.8 Å². The lowest BCUT2D eigenvalue weighted by Crippen LogP contribution is -2.52. The number of hydrogen-bond donors (Lipinski definition) is 0. The predicted molar refractivity (Wildman–Crippen MR) is 126 cm³/mol. The standard InChI is InChI=1S/C26H28F3N3O4/c1-14-8-7-10-18-17(14)9-5-6-11-31(18)23(33)20-21-22(36-25(3,4)35-21)24(34)32(20)19-13-16(26(27,28)29)12-15(2)30-19/h7-8,10,12-13,20-22H,5-6,9,11H2,1-4H3/t20-,21-,22-/m0/s1. The number of fused-ring (bicyclic) bond motifs is 2. The molecule has 36 heavy (non-hydrogen) atoms. The molecule has 0 radical (unpaired) electrons. The van der Waals surface area contributed by atoms with Crippen LogP contribution in [0.1, 0.15) is 49.1 Å². The van der Waals surface area contributed by atoms with Gasteiger partial charge in [0.05, 0.1) is 5.56 Å². The van der Waals surface area contributed by atoms with Crippen molar-refractivity contribution in [3.8, 4) is 0 Å².